The summed E-state index contributed by atoms with van der Waals surface area (Å²) in [5.41, 5.74) is -0.0843. The van der Waals surface area contributed by atoms with Crippen LogP contribution >= 0.6 is 0 Å². The van der Waals surface area contributed by atoms with Crippen LogP contribution in [0.4, 0.5) is 15.3 Å². The van der Waals surface area contributed by atoms with Crippen molar-refractivity contribution in [3.8, 4) is 5.75 Å². The molecular formula is C118H225N5O17. The van der Waals surface area contributed by atoms with E-state index in [1.54, 1.807) is 0 Å². The first-order chi connectivity index (χ1) is 68.3. The molecule has 1 aromatic carbocycles. The number of ether oxygens (including phenoxy) is 8. The Labute approximate surface area is 861 Å². The van der Waals surface area contributed by atoms with Gasteiger partial charge in [0.05, 0.1) is 61.6 Å². The third-order valence-corrected chi connectivity index (χ3v) is 28.2. The van der Waals surface area contributed by atoms with Crippen LogP contribution < -0.4 is 4.74 Å². The number of non-ortho nitro benzene ring substituents is 1. The molecule has 1 rings (SSSR count). The quantitative estimate of drug-likeness (QED) is 0.0159. The Morgan fingerprint density at radius 2 is 0.471 bits per heavy atom. The van der Waals surface area contributed by atoms with Gasteiger partial charge in [0.15, 0.2) is 0 Å². The van der Waals surface area contributed by atoms with E-state index in [-0.39, 0.29) is 77.8 Å². The monoisotopic (exact) mass is 1980 g/mol. The number of rotatable bonds is 101. The first-order valence-corrected chi connectivity index (χ1v) is 59.5. The summed E-state index contributed by atoms with van der Waals surface area (Å²) in [6.07, 6.45) is 71.7. The number of nitro groups is 1. The molecule has 22 nitrogen and oxygen atoms in total. The van der Waals surface area contributed by atoms with Gasteiger partial charge < -0.3 is 57.7 Å². The molecule has 0 aromatic heterocycles. The van der Waals surface area contributed by atoms with E-state index in [2.05, 4.69) is 117 Å². The predicted octanol–water partition coefficient (Wildman–Crippen LogP) is 32.6. The van der Waals surface area contributed by atoms with Crippen LogP contribution in [0.15, 0.2) is 24.3 Å². The number of likely N-dealkylation sites (N-methyl/N-ethyl adjacent to an activating group) is 4. The lowest BCUT2D eigenvalue weighted by atomic mass is 9.94. The minimum atomic E-state index is -0.821. The molecule has 0 aliphatic rings. The second kappa shape index (κ2) is 105. The first-order valence-electron chi connectivity index (χ1n) is 59.5. The van der Waals surface area contributed by atoms with Crippen molar-refractivity contribution < 1.29 is 76.7 Å². The molecule has 0 fully saturated rings. The minimum absolute atomic E-state index is 0.00824. The lowest BCUT2D eigenvalue weighted by molar-refractivity contribution is -0.384. The van der Waals surface area contributed by atoms with Crippen LogP contribution in [-0.2, 0) is 52.3 Å². The molecule has 0 amide bonds. The van der Waals surface area contributed by atoms with E-state index in [1.165, 1.54) is 230 Å². The zero-order valence-corrected chi connectivity index (χ0v) is 93.8. The number of benzene rings is 1. The molecule has 0 saturated heterocycles. The number of unbranched alkanes of at least 4 members (excludes halogenated alkanes) is 44. The summed E-state index contributed by atoms with van der Waals surface area (Å²) < 4.78 is 46.0. The highest BCUT2D eigenvalue weighted by atomic mass is 16.7. The van der Waals surface area contributed by atoms with Gasteiger partial charge in [-0.1, -0.05) is 405 Å². The van der Waals surface area contributed by atoms with Crippen LogP contribution in [-0.4, -0.2) is 196 Å². The molecule has 22 heteroatoms. The van der Waals surface area contributed by atoms with Gasteiger partial charge in [0, 0.05) is 51.4 Å². The normalized spacial score (nSPS) is 12.7. The van der Waals surface area contributed by atoms with Crippen molar-refractivity contribution in [3.05, 3.63) is 34.4 Å². The van der Waals surface area contributed by atoms with Crippen LogP contribution in [0.1, 0.15) is 534 Å². The van der Waals surface area contributed by atoms with Crippen LogP contribution in [0.25, 0.3) is 0 Å². The maximum atomic E-state index is 13.1. The summed E-state index contributed by atoms with van der Waals surface area (Å²) in [6, 6.07) is 5.37. The third-order valence-electron chi connectivity index (χ3n) is 28.2. The molecule has 0 spiro atoms. The molecule has 0 heterocycles. The van der Waals surface area contributed by atoms with Crippen LogP contribution in [0, 0.1) is 33.8 Å². The zero-order valence-electron chi connectivity index (χ0n) is 93.8. The molecule has 4 unspecified atom stereocenters. The van der Waals surface area contributed by atoms with E-state index in [4.69, 9.17) is 43.0 Å². The Morgan fingerprint density at radius 1 is 0.257 bits per heavy atom. The second-order valence-electron chi connectivity index (χ2n) is 40.2. The SMILES string of the molecule is CCCCCCCCC(CCCCCC)C(=O)OCCCCCCC(CCCCCCOC(=O)C(CCCCCC)CCCCCCCC)OC(=O)OCCN(CC)CCN(CC)CC.CCCCCCCCC(CCCCCC)C(=O)OCCCCCCC(CCCCCCOC(=O)C(CCCCCC)CCCCCCCC)OC(=O)Oc1ccc([N+](=O)[O-])cc1.CCN(CC)CCN(CC)CCO. The van der Waals surface area contributed by atoms with Gasteiger partial charge in [-0.15, -0.1) is 0 Å². The molecular weight excluding hydrogens is 1760 g/mol. The summed E-state index contributed by atoms with van der Waals surface area (Å²) in [7, 11) is 0. The van der Waals surface area contributed by atoms with Crippen molar-refractivity contribution in [1.29, 1.82) is 0 Å². The van der Waals surface area contributed by atoms with Crippen molar-refractivity contribution >= 4 is 41.9 Å². The van der Waals surface area contributed by atoms with Gasteiger partial charge >= 0.3 is 36.2 Å². The number of hydrogen-bond acceptors (Lipinski definition) is 21. The number of hydrogen-bond donors (Lipinski definition) is 1. The summed E-state index contributed by atoms with van der Waals surface area (Å²) >= 11 is 0. The number of nitro benzene ring substituents is 1. The van der Waals surface area contributed by atoms with Gasteiger partial charge in [-0.3, -0.25) is 34.2 Å². The Kier molecular flexibility index (Phi) is 103. The van der Waals surface area contributed by atoms with Crippen LogP contribution in [0.5, 0.6) is 5.75 Å². The number of carbonyl (C=O) groups excluding carboxylic acids is 6. The largest absolute Gasteiger partial charge is 0.514 e. The number of aliphatic hydroxyl groups is 1. The van der Waals surface area contributed by atoms with Gasteiger partial charge in [-0.2, -0.15) is 0 Å². The fraction of sp³-hybridized carbons (Fsp3) is 0.898. The highest BCUT2D eigenvalue weighted by Crippen LogP contribution is 2.29. The topological polar surface area (TPSA) is 253 Å². The van der Waals surface area contributed by atoms with Crippen molar-refractivity contribution in [3.63, 3.8) is 0 Å². The molecule has 0 aliphatic carbocycles. The van der Waals surface area contributed by atoms with Crippen molar-refractivity contribution in [2.24, 2.45) is 23.7 Å². The van der Waals surface area contributed by atoms with Crippen molar-refractivity contribution in [2.45, 2.75) is 546 Å². The van der Waals surface area contributed by atoms with Crippen LogP contribution in [0.2, 0.25) is 0 Å². The fourth-order valence-corrected chi connectivity index (χ4v) is 18.4. The van der Waals surface area contributed by atoms with E-state index in [9.17, 15) is 38.9 Å². The molecule has 0 aliphatic heterocycles. The molecule has 0 saturated carbocycles. The van der Waals surface area contributed by atoms with E-state index in [0.29, 0.717) is 52.4 Å². The minimum Gasteiger partial charge on any atom is -0.465 e. The smallest absolute Gasteiger partial charge is 0.465 e. The molecule has 0 bridgehead atoms. The molecule has 1 N–H and O–H groups in total. The first kappa shape index (κ1) is 137. The number of nitrogens with zero attached hydrogens (tertiary/aromatic N) is 5. The molecule has 1 aromatic rings. The van der Waals surface area contributed by atoms with Gasteiger partial charge in [0.25, 0.3) is 5.69 Å². The van der Waals surface area contributed by atoms with Gasteiger partial charge in [-0.25, -0.2) is 9.59 Å². The zero-order chi connectivity index (χ0) is 103. The summed E-state index contributed by atoms with van der Waals surface area (Å²) in [4.78, 5) is 98.1. The highest BCUT2D eigenvalue weighted by molar-refractivity contribution is 5.73. The molecule has 140 heavy (non-hydrogen) atoms. The maximum Gasteiger partial charge on any atom is 0.514 e. The maximum absolute atomic E-state index is 13.1. The number of aliphatic hydroxyl groups excluding tert-OH is 1. The number of esters is 4. The Balaban J connectivity index is 0. The predicted molar refractivity (Wildman–Crippen MR) is 584 cm³/mol. The van der Waals surface area contributed by atoms with Gasteiger partial charge in [0.2, 0.25) is 0 Å². The highest BCUT2D eigenvalue weighted by Gasteiger charge is 2.26. The Bertz CT molecular complexity index is 2760. The molecule has 4 atom stereocenters. The fourth-order valence-electron chi connectivity index (χ4n) is 18.4. The van der Waals surface area contributed by atoms with E-state index in [0.717, 1.165) is 290 Å². The molecule has 824 valence electrons. The van der Waals surface area contributed by atoms with Gasteiger partial charge in [-0.05, 0) is 180 Å². The summed E-state index contributed by atoms with van der Waals surface area (Å²) in [6.45, 7) is 45.2. The number of carbonyl (C=O) groups is 6. The second-order valence-corrected chi connectivity index (χ2v) is 40.2. The van der Waals surface area contributed by atoms with Gasteiger partial charge in [0.1, 0.15) is 24.6 Å². The van der Waals surface area contributed by atoms with Crippen molar-refractivity contribution in [1.82, 2.24) is 19.6 Å². The van der Waals surface area contributed by atoms with Crippen molar-refractivity contribution in [2.75, 3.05) is 118 Å². The lowest BCUT2D eigenvalue weighted by Gasteiger charge is -2.25. The van der Waals surface area contributed by atoms with Crippen LogP contribution in [0.3, 0.4) is 0 Å². The third kappa shape index (κ3) is 86.0. The van der Waals surface area contributed by atoms with E-state index >= 15 is 0 Å². The van der Waals surface area contributed by atoms with E-state index in [1.807, 2.05) is 0 Å². The summed E-state index contributed by atoms with van der Waals surface area (Å²) in [5.74, 6) is 0.253. The standard InChI is InChI=1S/C56H110N2O7.C52H91NO9.C10H24N2O/c1-8-15-19-23-25-33-41-51(39-31-21-17-10-3)54(59)62-48-37-29-27-35-43-53(65-56(61)64-50-47-58(14-7)46-45-57(12-5)13-6)44-36-28-30-38-49-63-55(60)52(40-32-22-18-11-4)42-34-26-24-20-16-9-2;1-5-9-13-17-19-27-35-45(33-25-15-11-7-3)50(54)59-43-31-23-21-29-37-48(61-52(56)62-49-41-39-47(40-42-49)53(57)58)38-30-22-24-32-44-60-51(55)46(34-26-16-12-8-4)36-28-20-18-14-10-6-2;1-4-11(5-2)7-8-12(6-3)9-10-13/h51-53H,8-50H2,1-7H3;39-42,45-46,48H,5-38,43-44H2,1-4H3;13H,4-10H2,1-3H3. The Morgan fingerprint density at radius 3 is 0.714 bits per heavy atom. The average molecular weight is 1990 g/mol. The summed E-state index contributed by atoms with van der Waals surface area (Å²) in [5, 5.41) is 19.8. The molecule has 0 radical (unpaired) electrons. The van der Waals surface area contributed by atoms with E-state index < -0.39 is 17.2 Å². The average Bonchev–Trinajstić information content (AvgIpc) is 0.881. The lowest BCUT2D eigenvalue weighted by Crippen LogP contribution is -2.37. The Hall–Kier alpha value is -5.16.